The first-order valence-electron chi connectivity index (χ1n) is 8.88. The van der Waals surface area contributed by atoms with E-state index in [1.165, 1.54) is 29.5 Å². The molecule has 4 rings (SSSR count). The SMILES string of the molecule is CN(C)Cc1ccc([C@H]2CCCN2Cc2cccc3nonc23)cc1. The number of benzene rings is 2. The van der Waals surface area contributed by atoms with E-state index < -0.39 is 0 Å². The smallest absolute Gasteiger partial charge is 0.139 e. The van der Waals surface area contributed by atoms with Gasteiger partial charge in [-0.2, -0.15) is 0 Å². The number of aromatic nitrogens is 2. The van der Waals surface area contributed by atoms with Crippen LogP contribution in [-0.4, -0.2) is 40.8 Å². The maximum atomic E-state index is 4.90. The number of likely N-dealkylation sites (tertiary alicyclic amines) is 1. The summed E-state index contributed by atoms with van der Waals surface area (Å²) in [4.78, 5) is 4.74. The standard InChI is InChI=1S/C20H24N4O/c1-23(2)13-15-8-10-16(11-9-15)19-7-4-12-24(19)14-17-5-3-6-18-20(17)22-25-21-18/h3,5-6,8-11,19H,4,7,12-14H2,1-2H3/t19-/m1/s1. The third-order valence-corrected chi connectivity index (χ3v) is 4.97. The molecule has 130 valence electrons. The molecule has 0 aliphatic carbocycles. The van der Waals surface area contributed by atoms with Crippen LogP contribution in [0.25, 0.3) is 11.0 Å². The Bertz CT molecular complexity index is 840. The van der Waals surface area contributed by atoms with Gasteiger partial charge in [0.2, 0.25) is 0 Å². The predicted octanol–water partition coefficient (Wildman–Crippen LogP) is 3.62. The molecule has 0 saturated carbocycles. The van der Waals surface area contributed by atoms with Crippen LogP contribution in [0, 0.1) is 0 Å². The summed E-state index contributed by atoms with van der Waals surface area (Å²) in [5, 5.41) is 8.04. The van der Waals surface area contributed by atoms with Crippen LogP contribution in [0.1, 0.15) is 35.6 Å². The lowest BCUT2D eigenvalue weighted by atomic mass is 10.0. The molecule has 0 bridgehead atoms. The van der Waals surface area contributed by atoms with Crippen molar-refractivity contribution in [3.05, 3.63) is 59.2 Å². The Balaban J connectivity index is 1.53. The highest BCUT2D eigenvalue weighted by atomic mass is 16.6. The molecule has 5 heteroatoms. The van der Waals surface area contributed by atoms with Gasteiger partial charge in [-0.15, -0.1) is 0 Å². The quantitative estimate of drug-likeness (QED) is 0.712. The molecule has 0 amide bonds. The predicted molar refractivity (Wildman–Crippen MR) is 98.0 cm³/mol. The zero-order chi connectivity index (χ0) is 17.2. The first-order valence-corrected chi connectivity index (χ1v) is 8.88. The van der Waals surface area contributed by atoms with Crippen LogP contribution in [0.5, 0.6) is 0 Å². The molecule has 1 aromatic heterocycles. The van der Waals surface area contributed by atoms with Crippen LogP contribution in [-0.2, 0) is 13.1 Å². The molecule has 25 heavy (non-hydrogen) atoms. The number of rotatable bonds is 5. The van der Waals surface area contributed by atoms with Crippen molar-refractivity contribution < 1.29 is 4.63 Å². The van der Waals surface area contributed by atoms with Gasteiger partial charge in [0, 0.05) is 19.1 Å². The average molecular weight is 336 g/mol. The zero-order valence-electron chi connectivity index (χ0n) is 14.9. The van der Waals surface area contributed by atoms with Crippen LogP contribution < -0.4 is 0 Å². The molecule has 1 saturated heterocycles. The molecule has 1 aliphatic rings. The van der Waals surface area contributed by atoms with E-state index in [1.54, 1.807) is 0 Å². The largest absolute Gasteiger partial charge is 0.305 e. The van der Waals surface area contributed by atoms with Crippen molar-refractivity contribution in [2.75, 3.05) is 20.6 Å². The minimum atomic E-state index is 0.475. The van der Waals surface area contributed by atoms with Crippen molar-refractivity contribution in [2.45, 2.75) is 32.0 Å². The molecule has 0 unspecified atom stereocenters. The Morgan fingerprint density at radius 2 is 1.96 bits per heavy atom. The van der Waals surface area contributed by atoms with Gasteiger partial charge < -0.3 is 4.90 Å². The summed E-state index contributed by atoms with van der Waals surface area (Å²) in [6.45, 7) is 2.98. The summed E-state index contributed by atoms with van der Waals surface area (Å²) in [5.41, 5.74) is 5.67. The third-order valence-electron chi connectivity index (χ3n) is 4.97. The highest BCUT2D eigenvalue weighted by molar-refractivity contribution is 5.76. The average Bonchev–Trinajstić information content (AvgIpc) is 3.25. The van der Waals surface area contributed by atoms with Crippen molar-refractivity contribution in [1.82, 2.24) is 20.1 Å². The molecule has 0 radical (unpaired) electrons. The van der Waals surface area contributed by atoms with Crippen molar-refractivity contribution in [3.8, 4) is 0 Å². The van der Waals surface area contributed by atoms with Gasteiger partial charge in [0.25, 0.3) is 0 Å². The minimum Gasteiger partial charge on any atom is -0.305 e. The molecule has 5 nitrogen and oxygen atoms in total. The van der Waals surface area contributed by atoms with Crippen molar-refractivity contribution in [1.29, 1.82) is 0 Å². The van der Waals surface area contributed by atoms with Crippen LogP contribution in [0.3, 0.4) is 0 Å². The molecule has 1 atom stereocenters. The topological polar surface area (TPSA) is 45.4 Å². The second-order valence-corrected chi connectivity index (χ2v) is 7.16. The van der Waals surface area contributed by atoms with Crippen molar-refractivity contribution in [2.24, 2.45) is 0 Å². The monoisotopic (exact) mass is 336 g/mol. The van der Waals surface area contributed by atoms with Gasteiger partial charge in [0.15, 0.2) is 0 Å². The fraction of sp³-hybridized carbons (Fsp3) is 0.400. The first kappa shape index (κ1) is 16.2. The van der Waals surface area contributed by atoms with E-state index >= 15 is 0 Å². The molecule has 1 fully saturated rings. The maximum absolute atomic E-state index is 4.90. The first-order chi connectivity index (χ1) is 12.2. The summed E-state index contributed by atoms with van der Waals surface area (Å²) in [7, 11) is 4.21. The number of fused-ring (bicyclic) bond motifs is 1. The lowest BCUT2D eigenvalue weighted by Crippen LogP contribution is -2.23. The molecule has 3 aromatic rings. The number of nitrogens with zero attached hydrogens (tertiary/aromatic N) is 4. The molecular formula is C20H24N4O. The maximum Gasteiger partial charge on any atom is 0.139 e. The number of hydrogen-bond donors (Lipinski definition) is 0. The Morgan fingerprint density at radius 3 is 2.76 bits per heavy atom. The Kier molecular flexibility index (Phi) is 4.51. The Hall–Kier alpha value is -2.24. The van der Waals surface area contributed by atoms with Gasteiger partial charge in [-0.3, -0.25) is 4.90 Å². The Labute approximate surface area is 148 Å². The van der Waals surface area contributed by atoms with E-state index in [4.69, 9.17) is 4.63 Å². The summed E-state index contributed by atoms with van der Waals surface area (Å²) in [6.07, 6.45) is 2.44. The van der Waals surface area contributed by atoms with Crippen LogP contribution >= 0.6 is 0 Å². The van der Waals surface area contributed by atoms with Crippen molar-refractivity contribution in [3.63, 3.8) is 0 Å². The van der Waals surface area contributed by atoms with Crippen LogP contribution in [0.2, 0.25) is 0 Å². The van der Waals surface area contributed by atoms with E-state index in [0.29, 0.717) is 6.04 Å². The van der Waals surface area contributed by atoms with Gasteiger partial charge >= 0.3 is 0 Å². The second kappa shape index (κ2) is 6.94. The molecule has 1 aliphatic heterocycles. The molecule has 0 N–H and O–H groups in total. The summed E-state index contributed by atoms with van der Waals surface area (Å²) >= 11 is 0. The molecule has 0 spiro atoms. The number of hydrogen-bond acceptors (Lipinski definition) is 5. The fourth-order valence-electron chi connectivity index (χ4n) is 3.81. The second-order valence-electron chi connectivity index (χ2n) is 7.16. The molecular weight excluding hydrogens is 312 g/mol. The summed E-state index contributed by atoms with van der Waals surface area (Å²) in [6, 6.07) is 15.7. The van der Waals surface area contributed by atoms with E-state index in [-0.39, 0.29) is 0 Å². The highest BCUT2D eigenvalue weighted by Gasteiger charge is 2.26. The normalized spacial score (nSPS) is 18.4. The van der Waals surface area contributed by atoms with Gasteiger partial charge in [0.1, 0.15) is 11.0 Å². The van der Waals surface area contributed by atoms with Crippen LogP contribution in [0.15, 0.2) is 47.1 Å². The highest BCUT2D eigenvalue weighted by Crippen LogP contribution is 2.34. The van der Waals surface area contributed by atoms with Gasteiger partial charge in [-0.1, -0.05) is 36.4 Å². The summed E-state index contributed by atoms with van der Waals surface area (Å²) in [5.74, 6) is 0. The molecule has 2 aromatic carbocycles. The lowest BCUT2D eigenvalue weighted by molar-refractivity contribution is 0.248. The van der Waals surface area contributed by atoms with E-state index in [0.717, 1.165) is 30.7 Å². The third kappa shape index (κ3) is 3.43. The van der Waals surface area contributed by atoms with Gasteiger partial charge in [0.05, 0.1) is 0 Å². The molecule has 2 heterocycles. The zero-order valence-corrected chi connectivity index (χ0v) is 14.9. The fourth-order valence-corrected chi connectivity index (χ4v) is 3.81. The van der Waals surface area contributed by atoms with Gasteiger partial charge in [-0.25, -0.2) is 4.63 Å². The lowest BCUT2D eigenvalue weighted by Gasteiger charge is -2.25. The van der Waals surface area contributed by atoms with Crippen molar-refractivity contribution >= 4 is 11.0 Å². The van der Waals surface area contributed by atoms with Crippen LogP contribution in [0.4, 0.5) is 0 Å². The van der Waals surface area contributed by atoms with Gasteiger partial charge in [-0.05, 0) is 66.6 Å². The summed E-state index contributed by atoms with van der Waals surface area (Å²) < 4.78 is 4.90. The van der Waals surface area contributed by atoms with E-state index in [2.05, 4.69) is 64.5 Å². The van der Waals surface area contributed by atoms with E-state index in [1.807, 2.05) is 12.1 Å². The minimum absolute atomic E-state index is 0.475. The Morgan fingerprint density at radius 1 is 1.12 bits per heavy atom. The van der Waals surface area contributed by atoms with E-state index in [9.17, 15) is 0 Å².